The summed E-state index contributed by atoms with van der Waals surface area (Å²) >= 11 is 0. The predicted molar refractivity (Wildman–Crippen MR) is 137 cm³/mol. The Labute approximate surface area is 198 Å². The van der Waals surface area contributed by atoms with Crippen molar-refractivity contribution >= 4 is 22.6 Å². The molecule has 0 spiro atoms. The molecule has 0 radical (unpaired) electrons. The highest BCUT2D eigenvalue weighted by Gasteiger charge is 2.10. The number of carbonyl (C=O) groups excluding carboxylic acids is 2. The second-order valence-corrected chi connectivity index (χ2v) is 7.88. The lowest BCUT2D eigenvalue weighted by atomic mass is 9.96. The summed E-state index contributed by atoms with van der Waals surface area (Å²) in [4.78, 5) is 24.0. The van der Waals surface area contributed by atoms with Crippen LogP contribution in [0.3, 0.4) is 0 Å². The molecule has 4 rings (SSSR count). The van der Waals surface area contributed by atoms with E-state index in [1.807, 2.05) is 50.4 Å². The minimum atomic E-state index is -0.245. The molecule has 2 aromatic carbocycles. The van der Waals surface area contributed by atoms with Crippen LogP contribution in [0.4, 0.5) is 0 Å². The molecule has 3 N–H and O–H groups in total. The summed E-state index contributed by atoms with van der Waals surface area (Å²) in [6.07, 6.45) is 8.22. The number of benzene rings is 2. The van der Waals surface area contributed by atoms with Crippen molar-refractivity contribution in [3.8, 4) is 17.2 Å². The van der Waals surface area contributed by atoms with E-state index in [1.165, 1.54) is 25.7 Å². The van der Waals surface area contributed by atoms with E-state index in [0.29, 0.717) is 17.5 Å². The fourth-order valence-electron chi connectivity index (χ4n) is 3.51. The van der Waals surface area contributed by atoms with Crippen molar-refractivity contribution in [2.45, 2.75) is 66.7 Å². The average molecular weight is 448 g/mol. The molecule has 1 aliphatic rings. The van der Waals surface area contributed by atoms with Gasteiger partial charge in [0.05, 0.1) is 5.56 Å². The third-order valence-corrected chi connectivity index (χ3v) is 5.44. The topological polar surface area (TPSA) is 99.7 Å². The van der Waals surface area contributed by atoms with E-state index in [1.54, 1.807) is 26.0 Å². The molecule has 0 unspecified atom stereocenters. The number of hydrogen-bond donors (Lipinski definition) is 2. The van der Waals surface area contributed by atoms with E-state index in [9.17, 15) is 14.9 Å². The molecule has 1 amide bonds. The fraction of sp³-hybridized carbons (Fsp3) is 0.393. The van der Waals surface area contributed by atoms with Crippen molar-refractivity contribution in [1.29, 1.82) is 5.26 Å². The summed E-state index contributed by atoms with van der Waals surface area (Å²) in [7, 11) is 0. The highest BCUT2D eigenvalue weighted by molar-refractivity contribution is 5.96. The van der Waals surface area contributed by atoms with Gasteiger partial charge in [-0.25, -0.2) is 0 Å². The van der Waals surface area contributed by atoms with Crippen LogP contribution in [0.1, 0.15) is 82.6 Å². The molecule has 33 heavy (non-hydrogen) atoms. The van der Waals surface area contributed by atoms with Crippen LogP contribution in [0.15, 0.2) is 48.7 Å². The smallest absolute Gasteiger partial charge is 0.217 e. The lowest BCUT2D eigenvalue weighted by Gasteiger charge is -2.06. The van der Waals surface area contributed by atoms with E-state index >= 15 is 0 Å². The molecule has 0 saturated heterocycles. The Morgan fingerprint density at radius 1 is 1.06 bits per heavy atom. The van der Waals surface area contributed by atoms with Gasteiger partial charge >= 0.3 is 0 Å². The van der Waals surface area contributed by atoms with Crippen molar-refractivity contribution in [3.05, 3.63) is 59.8 Å². The quantitative estimate of drug-likeness (QED) is 0.422. The zero-order chi connectivity index (χ0) is 24.8. The first-order valence-electron chi connectivity index (χ1n) is 11.8. The Morgan fingerprint density at radius 3 is 2.06 bits per heavy atom. The van der Waals surface area contributed by atoms with Gasteiger partial charge in [0.1, 0.15) is 6.07 Å². The Hall–Kier alpha value is -3.39. The number of aromatic nitrogens is 1. The number of nitrogens with zero attached hydrogens (tertiary/aromatic N) is 1. The van der Waals surface area contributed by atoms with Crippen LogP contribution in [0.2, 0.25) is 0 Å². The van der Waals surface area contributed by atoms with E-state index in [2.05, 4.69) is 23.7 Å². The molecule has 5 nitrogen and oxygen atoms in total. The standard InChI is InChI=1S/C17H12N2O.C6H12.C3H7NO.C2H6/c1-11(20)12-2-4-13(5-3-12)14-6-7-17-15(8-9-19-17)16(14)10-18;1-6-4-2-3-5-6;1-2-3(4)5;1-2/h2-9,19H,1H3;6H,2-5H2,1H3;2H2,1H3,(H2,4,5);1-2H3. The van der Waals surface area contributed by atoms with Crippen molar-refractivity contribution in [3.63, 3.8) is 0 Å². The molecule has 1 heterocycles. The molecule has 0 bridgehead atoms. The van der Waals surface area contributed by atoms with Gasteiger partial charge in [0, 0.05) is 34.6 Å². The fourth-order valence-corrected chi connectivity index (χ4v) is 3.51. The summed E-state index contributed by atoms with van der Waals surface area (Å²) < 4.78 is 0. The minimum Gasteiger partial charge on any atom is -0.370 e. The van der Waals surface area contributed by atoms with Gasteiger partial charge in [-0.05, 0) is 30.5 Å². The number of aromatic amines is 1. The van der Waals surface area contributed by atoms with Gasteiger partial charge < -0.3 is 10.7 Å². The Kier molecular flexibility index (Phi) is 12.3. The normalized spacial score (nSPS) is 12.2. The highest BCUT2D eigenvalue weighted by Crippen LogP contribution is 2.29. The number of fused-ring (bicyclic) bond motifs is 1. The van der Waals surface area contributed by atoms with Crippen molar-refractivity contribution < 1.29 is 9.59 Å². The summed E-state index contributed by atoms with van der Waals surface area (Å²) in [6.45, 7) is 9.61. The van der Waals surface area contributed by atoms with E-state index < -0.39 is 0 Å². The van der Waals surface area contributed by atoms with Crippen LogP contribution in [0, 0.1) is 17.2 Å². The molecule has 5 heteroatoms. The maximum absolute atomic E-state index is 11.3. The van der Waals surface area contributed by atoms with E-state index in [4.69, 9.17) is 0 Å². The van der Waals surface area contributed by atoms with E-state index in [-0.39, 0.29) is 11.7 Å². The molecule has 1 saturated carbocycles. The number of nitrogens with two attached hydrogens (primary N) is 1. The van der Waals surface area contributed by atoms with Crippen LogP contribution in [0.5, 0.6) is 0 Å². The Morgan fingerprint density at radius 2 is 1.64 bits per heavy atom. The maximum atomic E-state index is 11.3. The number of ketones is 1. The number of H-pyrrole nitrogens is 1. The van der Waals surface area contributed by atoms with Gasteiger partial charge in [-0.3, -0.25) is 9.59 Å². The molecule has 176 valence electrons. The molecule has 1 aromatic heterocycles. The van der Waals surface area contributed by atoms with Crippen LogP contribution < -0.4 is 5.73 Å². The number of amides is 1. The zero-order valence-electron chi connectivity index (χ0n) is 20.6. The molecule has 1 aliphatic carbocycles. The average Bonchev–Trinajstić information content (AvgIpc) is 3.52. The lowest BCUT2D eigenvalue weighted by molar-refractivity contribution is -0.117. The summed E-state index contributed by atoms with van der Waals surface area (Å²) in [5.74, 6) is 0.841. The molecule has 3 aromatic rings. The summed E-state index contributed by atoms with van der Waals surface area (Å²) in [5, 5.41) is 10.3. The number of primary amides is 1. The number of nitriles is 1. The monoisotopic (exact) mass is 447 g/mol. The van der Waals surface area contributed by atoms with Gasteiger partial charge in [0.2, 0.25) is 5.91 Å². The number of rotatable bonds is 3. The maximum Gasteiger partial charge on any atom is 0.217 e. The van der Waals surface area contributed by atoms with Crippen LogP contribution in [-0.2, 0) is 4.79 Å². The second kappa shape index (κ2) is 14.6. The Balaban J connectivity index is 0.000000345. The largest absolute Gasteiger partial charge is 0.370 e. The molecule has 1 fully saturated rings. The number of nitrogens with one attached hydrogen (secondary N) is 1. The molecule has 0 atom stereocenters. The minimum absolute atomic E-state index is 0.0399. The third kappa shape index (κ3) is 8.57. The van der Waals surface area contributed by atoms with Gasteiger partial charge in [0.25, 0.3) is 0 Å². The second-order valence-electron chi connectivity index (χ2n) is 7.88. The van der Waals surface area contributed by atoms with Gasteiger partial charge in [0.15, 0.2) is 5.78 Å². The first kappa shape index (κ1) is 27.6. The van der Waals surface area contributed by atoms with Gasteiger partial charge in [-0.15, -0.1) is 0 Å². The Bertz CT molecular complexity index is 1050. The predicted octanol–water partition coefficient (Wildman–Crippen LogP) is 7.01. The van der Waals surface area contributed by atoms with Crippen molar-refractivity contribution in [2.24, 2.45) is 11.7 Å². The molecule has 0 aliphatic heterocycles. The van der Waals surface area contributed by atoms with Crippen LogP contribution in [-0.4, -0.2) is 16.7 Å². The zero-order valence-corrected chi connectivity index (χ0v) is 20.6. The van der Waals surface area contributed by atoms with Crippen LogP contribution >= 0.6 is 0 Å². The van der Waals surface area contributed by atoms with Crippen LogP contribution in [0.25, 0.3) is 22.0 Å². The van der Waals surface area contributed by atoms with Crippen molar-refractivity contribution in [1.82, 2.24) is 4.98 Å². The van der Waals surface area contributed by atoms with Crippen molar-refractivity contribution in [2.75, 3.05) is 0 Å². The number of carbonyl (C=O) groups is 2. The first-order chi connectivity index (χ1) is 15.9. The number of Topliss-reactive ketones (excluding diaryl/α,β-unsaturated/α-hetero) is 1. The first-order valence-corrected chi connectivity index (χ1v) is 11.8. The highest BCUT2D eigenvalue weighted by atomic mass is 16.1. The van der Waals surface area contributed by atoms with E-state index in [0.717, 1.165) is 27.9 Å². The number of hydrogen-bond acceptors (Lipinski definition) is 3. The molecular weight excluding hydrogens is 410 g/mol. The third-order valence-electron chi connectivity index (χ3n) is 5.44. The summed E-state index contributed by atoms with van der Waals surface area (Å²) in [5.41, 5.74) is 8.75. The SMILES string of the molecule is CC.CC(=O)c1ccc(-c2ccc3[nH]ccc3c2C#N)cc1.CC1CCCC1.CCC(N)=O. The summed E-state index contributed by atoms with van der Waals surface area (Å²) in [6, 6.07) is 15.4. The van der Waals surface area contributed by atoms with Gasteiger partial charge in [-0.2, -0.15) is 5.26 Å². The lowest BCUT2D eigenvalue weighted by Crippen LogP contribution is -2.06. The van der Waals surface area contributed by atoms with Gasteiger partial charge in [-0.1, -0.05) is 83.7 Å². The molecular formula is C28H37N3O2.